The maximum Gasteiger partial charge on any atom is 0.223 e. The van der Waals surface area contributed by atoms with Gasteiger partial charge in [0, 0.05) is 22.5 Å². The molecule has 0 saturated heterocycles. The molecule has 4 heteroatoms. The minimum atomic E-state index is 0.0458. The summed E-state index contributed by atoms with van der Waals surface area (Å²) in [6, 6.07) is 5.44. The van der Waals surface area contributed by atoms with Crippen molar-refractivity contribution < 1.29 is 4.79 Å². The lowest BCUT2D eigenvalue weighted by Gasteiger charge is -2.03. The Labute approximate surface area is 111 Å². The van der Waals surface area contributed by atoms with Gasteiger partial charge >= 0.3 is 0 Å². The zero-order valence-corrected chi connectivity index (χ0v) is 10.8. The highest BCUT2D eigenvalue weighted by molar-refractivity contribution is 6.34. The molecule has 90 valence electrons. The number of carbonyl (C=O) groups is 1. The van der Waals surface area contributed by atoms with Gasteiger partial charge in [0.2, 0.25) is 5.91 Å². The molecule has 0 radical (unpaired) electrons. The summed E-state index contributed by atoms with van der Waals surface area (Å²) in [4.78, 5) is 11.7. The van der Waals surface area contributed by atoms with Gasteiger partial charge in [0.25, 0.3) is 0 Å². The second kappa shape index (κ2) is 5.11. The van der Waals surface area contributed by atoms with Crippen LogP contribution in [-0.2, 0) is 4.79 Å². The van der Waals surface area contributed by atoms with Crippen molar-refractivity contribution in [2.45, 2.75) is 12.3 Å². The number of hydrogen-bond donors (Lipinski definition) is 1. The third-order valence-corrected chi connectivity index (χ3v) is 3.30. The van der Waals surface area contributed by atoms with Crippen molar-refractivity contribution >= 4 is 29.1 Å². The molecule has 0 unspecified atom stereocenters. The molecule has 17 heavy (non-hydrogen) atoms. The van der Waals surface area contributed by atoms with E-state index in [-0.39, 0.29) is 17.7 Å². The monoisotopic (exact) mass is 269 g/mol. The van der Waals surface area contributed by atoms with E-state index < -0.39 is 0 Å². The lowest BCUT2D eigenvalue weighted by atomic mass is 10.1. The maximum absolute atomic E-state index is 11.7. The molecule has 1 aliphatic carbocycles. The van der Waals surface area contributed by atoms with Crippen LogP contribution in [0.25, 0.3) is 0 Å². The first-order valence-corrected chi connectivity index (χ1v) is 6.22. The lowest BCUT2D eigenvalue weighted by Crippen LogP contribution is -2.25. The fraction of sp³-hybridized carbons (Fsp3) is 0.308. The minimum absolute atomic E-state index is 0.0458. The second-order valence-corrected chi connectivity index (χ2v) is 5.06. The standard InChI is InChI=1S/C13H13Cl2NO/c1-2-3-16-13(17)12-7-11(12)8-4-9(14)6-10(15)5-8/h2,4-6,11-12H,1,3,7H2,(H,16,17)/t11-,12+/m0/s1. The van der Waals surface area contributed by atoms with Gasteiger partial charge in [-0.15, -0.1) is 6.58 Å². The quantitative estimate of drug-likeness (QED) is 0.835. The summed E-state index contributed by atoms with van der Waals surface area (Å²) in [6.45, 7) is 4.08. The molecule has 0 aliphatic heterocycles. The summed E-state index contributed by atoms with van der Waals surface area (Å²) >= 11 is 11.9. The average Bonchev–Trinajstić information content (AvgIpc) is 3.04. The van der Waals surface area contributed by atoms with Gasteiger partial charge in [0.15, 0.2) is 0 Å². The van der Waals surface area contributed by atoms with E-state index >= 15 is 0 Å². The molecule has 0 aromatic heterocycles. The summed E-state index contributed by atoms with van der Waals surface area (Å²) in [5.41, 5.74) is 1.04. The number of rotatable bonds is 4. The number of benzene rings is 1. The zero-order valence-electron chi connectivity index (χ0n) is 9.25. The van der Waals surface area contributed by atoms with E-state index in [0.717, 1.165) is 12.0 Å². The van der Waals surface area contributed by atoms with Crippen LogP contribution in [0.15, 0.2) is 30.9 Å². The van der Waals surface area contributed by atoms with Crippen molar-refractivity contribution in [2.75, 3.05) is 6.54 Å². The predicted octanol–water partition coefficient (Wildman–Crippen LogP) is 3.40. The van der Waals surface area contributed by atoms with Gasteiger partial charge in [0.05, 0.1) is 0 Å². The van der Waals surface area contributed by atoms with Gasteiger partial charge in [-0.25, -0.2) is 0 Å². The first kappa shape index (κ1) is 12.5. The number of amides is 1. The third-order valence-electron chi connectivity index (χ3n) is 2.86. The molecule has 0 bridgehead atoms. The van der Waals surface area contributed by atoms with E-state index in [1.165, 1.54) is 0 Å². The molecule has 2 atom stereocenters. The van der Waals surface area contributed by atoms with E-state index in [1.54, 1.807) is 12.1 Å². The molecule has 0 spiro atoms. The van der Waals surface area contributed by atoms with Crippen LogP contribution in [0.5, 0.6) is 0 Å². The Morgan fingerprint density at radius 1 is 1.41 bits per heavy atom. The fourth-order valence-corrected chi connectivity index (χ4v) is 2.49. The third kappa shape index (κ3) is 3.02. The van der Waals surface area contributed by atoms with Crippen LogP contribution >= 0.6 is 23.2 Å². The highest BCUT2D eigenvalue weighted by Crippen LogP contribution is 2.48. The molecule has 2 nitrogen and oxygen atoms in total. The lowest BCUT2D eigenvalue weighted by molar-refractivity contribution is -0.122. The van der Waals surface area contributed by atoms with Crippen LogP contribution in [0.3, 0.4) is 0 Å². The Morgan fingerprint density at radius 3 is 2.65 bits per heavy atom. The van der Waals surface area contributed by atoms with E-state index in [2.05, 4.69) is 11.9 Å². The van der Waals surface area contributed by atoms with Crippen LogP contribution in [0.1, 0.15) is 17.9 Å². The maximum atomic E-state index is 11.7. The zero-order chi connectivity index (χ0) is 12.4. The van der Waals surface area contributed by atoms with E-state index in [4.69, 9.17) is 23.2 Å². The molecule has 1 fully saturated rings. The molecule has 0 heterocycles. The van der Waals surface area contributed by atoms with Crippen molar-refractivity contribution in [3.05, 3.63) is 46.5 Å². The first-order chi connectivity index (χ1) is 8.11. The highest BCUT2D eigenvalue weighted by Gasteiger charge is 2.43. The van der Waals surface area contributed by atoms with Gasteiger partial charge in [-0.1, -0.05) is 29.3 Å². The second-order valence-electron chi connectivity index (χ2n) is 4.19. The van der Waals surface area contributed by atoms with Crippen LogP contribution < -0.4 is 5.32 Å². The number of carbonyl (C=O) groups excluding carboxylic acids is 1. The van der Waals surface area contributed by atoms with Crippen LogP contribution in [0.4, 0.5) is 0 Å². The van der Waals surface area contributed by atoms with Gasteiger partial charge in [-0.05, 0) is 36.1 Å². The summed E-state index contributed by atoms with van der Waals surface area (Å²) in [7, 11) is 0. The van der Waals surface area contributed by atoms with Crippen molar-refractivity contribution in [3.8, 4) is 0 Å². The molecule has 1 aliphatic rings. The average molecular weight is 270 g/mol. The summed E-state index contributed by atoms with van der Waals surface area (Å²) < 4.78 is 0. The number of halogens is 2. The molecule has 1 amide bonds. The van der Waals surface area contributed by atoms with Crippen LogP contribution in [0, 0.1) is 5.92 Å². The first-order valence-electron chi connectivity index (χ1n) is 5.46. The molecular weight excluding hydrogens is 257 g/mol. The normalized spacial score (nSPS) is 22.0. The Balaban J connectivity index is 2.02. The Morgan fingerprint density at radius 2 is 2.06 bits per heavy atom. The number of nitrogens with one attached hydrogen (secondary N) is 1. The van der Waals surface area contributed by atoms with Crippen LogP contribution in [-0.4, -0.2) is 12.5 Å². The molecule has 1 aromatic carbocycles. The minimum Gasteiger partial charge on any atom is -0.352 e. The Kier molecular flexibility index (Phi) is 3.75. The molecule has 1 N–H and O–H groups in total. The summed E-state index contributed by atoms with van der Waals surface area (Å²) in [5, 5.41) is 4.03. The largest absolute Gasteiger partial charge is 0.352 e. The predicted molar refractivity (Wildman–Crippen MR) is 70.5 cm³/mol. The van der Waals surface area contributed by atoms with Gasteiger partial charge < -0.3 is 5.32 Å². The van der Waals surface area contributed by atoms with Crippen molar-refractivity contribution in [3.63, 3.8) is 0 Å². The smallest absolute Gasteiger partial charge is 0.223 e. The topological polar surface area (TPSA) is 29.1 Å². The molecule has 1 aromatic rings. The molecular formula is C13H13Cl2NO. The van der Waals surface area contributed by atoms with E-state index in [1.807, 2.05) is 12.1 Å². The fourth-order valence-electron chi connectivity index (χ4n) is 1.95. The SMILES string of the molecule is C=CCNC(=O)[C@@H]1C[C@H]1c1cc(Cl)cc(Cl)c1. The van der Waals surface area contributed by atoms with Gasteiger partial charge in [-0.3, -0.25) is 4.79 Å². The Bertz CT molecular complexity index is 438. The molecule has 1 saturated carbocycles. The molecule has 2 rings (SSSR count). The van der Waals surface area contributed by atoms with Crippen molar-refractivity contribution in [1.29, 1.82) is 0 Å². The van der Waals surface area contributed by atoms with Crippen molar-refractivity contribution in [2.24, 2.45) is 5.92 Å². The van der Waals surface area contributed by atoms with E-state index in [0.29, 0.717) is 16.6 Å². The Hall–Kier alpha value is -0.990. The summed E-state index contributed by atoms with van der Waals surface area (Å²) in [6.07, 6.45) is 2.53. The van der Waals surface area contributed by atoms with Gasteiger partial charge in [0.1, 0.15) is 0 Å². The van der Waals surface area contributed by atoms with Crippen LogP contribution in [0.2, 0.25) is 10.0 Å². The van der Waals surface area contributed by atoms with E-state index in [9.17, 15) is 4.79 Å². The highest BCUT2D eigenvalue weighted by atomic mass is 35.5. The van der Waals surface area contributed by atoms with Gasteiger partial charge in [-0.2, -0.15) is 0 Å². The number of hydrogen-bond acceptors (Lipinski definition) is 1. The summed E-state index contributed by atoms with van der Waals surface area (Å²) in [5.74, 6) is 0.367. The van der Waals surface area contributed by atoms with Crippen molar-refractivity contribution in [1.82, 2.24) is 5.32 Å².